The van der Waals surface area contributed by atoms with Crippen LogP contribution in [0.25, 0.3) is 11.1 Å². The number of hydrogen-bond donors (Lipinski definition) is 0. The van der Waals surface area contributed by atoms with Gasteiger partial charge in [-0.1, -0.05) is 24.3 Å². The summed E-state index contributed by atoms with van der Waals surface area (Å²) in [6.45, 7) is 1.83. The first kappa shape index (κ1) is 15.0. The summed E-state index contributed by atoms with van der Waals surface area (Å²) in [4.78, 5) is 11.9. The summed E-state index contributed by atoms with van der Waals surface area (Å²) in [7, 11) is 0. The largest absolute Gasteiger partial charge is 0.462 e. The van der Waals surface area contributed by atoms with E-state index in [1.54, 1.807) is 31.2 Å². The Morgan fingerprint density at radius 3 is 2.18 bits per heavy atom. The molecule has 0 atom stereocenters. The maximum atomic E-state index is 11.9. The second-order valence-corrected chi connectivity index (χ2v) is 4.49. The highest BCUT2D eigenvalue weighted by Crippen LogP contribution is 2.43. The number of carbonyl (C=O) groups is 1. The van der Waals surface area contributed by atoms with Crippen LogP contribution < -0.4 is 0 Å². The summed E-state index contributed by atoms with van der Waals surface area (Å²) < 4.78 is 4.91. The topological polar surface area (TPSA) is 97.7 Å². The zero-order valence-electron chi connectivity index (χ0n) is 11.9. The van der Waals surface area contributed by atoms with Crippen LogP contribution >= 0.6 is 0 Å². The molecule has 0 aliphatic heterocycles. The molecule has 0 aromatic heterocycles. The second kappa shape index (κ2) is 6.39. The molecule has 1 aromatic carbocycles. The Morgan fingerprint density at radius 1 is 1.09 bits per heavy atom. The van der Waals surface area contributed by atoms with Gasteiger partial charge < -0.3 is 4.74 Å². The van der Waals surface area contributed by atoms with E-state index in [-0.39, 0.29) is 24.2 Å². The summed E-state index contributed by atoms with van der Waals surface area (Å²) in [6.07, 6.45) is 0.192. The van der Waals surface area contributed by atoms with Gasteiger partial charge in [0.2, 0.25) is 0 Å². The van der Waals surface area contributed by atoms with Gasteiger partial charge in [-0.2, -0.15) is 15.8 Å². The summed E-state index contributed by atoms with van der Waals surface area (Å²) in [5.41, 5.74) is 2.32. The van der Waals surface area contributed by atoms with E-state index >= 15 is 0 Å². The fourth-order valence-corrected chi connectivity index (χ4v) is 2.42. The van der Waals surface area contributed by atoms with Gasteiger partial charge in [0.25, 0.3) is 0 Å². The fourth-order valence-electron chi connectivity index (χ4n) is 2.42. The number of ether oxygens (including phenoxy) is 1. The molecular formula is C17H11N3O2. The molecule has 1 aliphatic rings. The van der Waals surface area contributed by atoms with Gasteiger partial charge >= 0.3 is 5.97 Å². The first-order valence-corrected chi connectivity index (χ1v) is 6.61. The third-order valence-corrected chi connectivity index (χ3v) is 3.35. The van der Waals surface area contributed by atoms with Crippen molar-refractivity contribution in [3.63, 3.8) is 0 Å². The molecule has 0 bridgehead atoms. The van der Waals surface area contributed by atoms with Crippen molar-refractivity contribution in [2.75, 3.05) is 6.61 Å². The van der Waals surface area contributed by atoms with Crippen molar-refractivity contribution >= 4 is 17.1 Å². The maximum absolute atomic E-state index is 11.9. The minimum absolute atomic E-state index is 0.0106. The van der Waals surface area contributed by atoms with E-state index in [1.165, 1.54) is 0 Å². The second-order valence-electron chi connectivity index (χ2n) is 4.49. The normalized spacial score (nSPS) is 14.2. The molecule has 0 radical (unpaired) electrons. The smallest absolute Gasteiger partial charge is 0.349 e. The molecule has 0 fully saturated rings. The number of hydrogen-bond acceptors (Lipinski definition) is 5. The maximum Gasteiger partial charge on any atom is 0.349 e. The molecule has 0 unspecified atom stereocenters. The third kappa shape index (κ3) is 2.46. The SMILES string of the molecule is CCOC(=O)/C(C#N)=C1\CC(=C(C#N)C#N)c2ccccc21. The lowest BCUT2D eigenvalue weighted by molar-refractivity contribution is -0.137. The molecule has 0 heterocycles. The number of carbonyl (C=O) groups excluding carboxylic acids is 1. The summed E-state index contributed by atoms with van der Waals surface area (Å²) in [5.74, 6) is -0.688. The monoisotopic (exact) mass is 289 g/mol. The predicted octanol–water partition coefficient (Wildman–Crippen LogP) is 2.73. The van der Waals surface area contributed by atoms with E-state index in [4.69, 9.17) is 15.3 Å². The van der Waals surface area contributed by atoms with Crippen LogP contribution in [0.15, 0.2) is 35.4 Å². The number of nitrogens with zero attached hydrogens (tertiary/aromatic N) is 3. The third-order valence-electron chi connectivity index (χ3n) is 3.35. The van der Waals surface area contributed by atoms with Crippen LogP contribution in [0.5, 0.6) is 0 Å². The van der Waals surface area contributed by atoms with Gasteiger partial charge in [-0.05, 0) is 29.2 Å². The van der Waals surface area contributed by atoms with Gasteiger partial charge in [0.15, 0.2) is 0 Å². The van der Waals surface area contributed by atoms with Gasteiger partial charge in [0.05, 0.1) is 6.61 Å². The van der Waals surface area contributed by atoms with Crippen LogP contribution in [-0.4, -0.2) is 12.6 Å². The molecule has 0 saturated heterocycles. The lowest BCUT2D eigenvalue weighted by Gasteiger charge is -2.04. The van der Waals surface area contributed by atoms with Gasteiger partial charge in [-0.3, -0.25) is 0 Å². The quantitative estimate of drug-likeness (QED) is 0.473. The first-order valence-electron chi connectivity index (χ1n) is 6.61. The van der Waals surface area contributed by atoms with Crippen molar-refractivity contribution in [2.45, 2.75) is 13.3 Å². The van der Waals surface area contributed by atoms with Gasteiger partial charge in [0.1, 0.15) is 29.4 Å². The standard InChI is InChI=1S/C17H11N3O2/c1-2-22-17(21)16(10-20)15-7-14(11(8-18)9-19)12-5-3-4-6-13(12)15/h3-6H,2,7H2,1H3/b16-15+. The number of nitriles is 3. The minimum Gasteiger partial charge on any atom is -0.462 e. The molecule has 0 spiro atoms. The minimum atomic E-state index is -0.688. The Morgan fingerprint density at radius 2 is 1.68 bits per heavy atom. The van der Waals surface area contributed by atoms with Crippen molar-refractivity contribution in [1.82, 2.24) is 0 Å². The van der Waals surface area contributed by atoms with Gasteiger partial charge in [-0.25, -0.2) is 4.79 Å². The Bertz CT molecular complexity index is 811. The van der Waals surface area contributed by atoms with Crippen LogP contribution in [0.2, 0.25) is 0 Å². The average molecular weight is 289 g/mol. The number of fused-ring (bicyclic) bond motifs is 1. The lowest BCUT2D eigenvalue weighted by Crippen LogP contribution is -2.08. The molecule has 1 aliphatic carbocycles. The van der Waals surface area contributed by atoms with Crippen LogP contribution in [0.1, 0.15) is 24.5 Å². The molecule has 5 heteroatoms. The van der Waals surface area contributed by atoms with E-state index in [2.05, 4.69) is 0 Å². The Hall–Kier alpha value is -3.36. The Kier molecular flexibility index (Phi) is 4.37. The number of allylic oxidation sites excluding steroid dienone is 3. The van der Waals surface area contributed by atoms with Crippen molar-refractivity contribution < 1.29 is 9.53 Å². The predicted molar refractivity (Wildman–Crippen MR) is 78.4 cm³/mol. The van der Waals surface area contributed by atoms with E-state index in [0.29, 0.717) is 22.3 Å². The van der Waals surface area contributed by atoms with Gasteiger partial charge in [-0.15, -0.1) is 0 Å². The van der Waals surface area contributed by atoms with Gasteiger partial charge in [0, 0.05) is 6.42 Å². The molecule has 5 nitrogen and oxygen atoms in total. The summed E-state index contributed by atoms with van der Waals surface area (Å²) in [5, 5.41) is 27.5. The van der Waals surface area contributed by atoms with Crippen molar-refractivity contribution in [1.29, 1.82) is 15.8 Å². The molecule has 22 heavy (non-hydrogen) atoms. The highest BCUT2D eigenvalue weighted by Gasteiger charge is 2.29. The molecule has 0 N–H and O–H groups in total. The molecule has 0 saturated carbocycles. The molecule has 0 amide bonds. The van der Waals surface area contributed by atoms with E-state index in [1.807, 2.05) is 18.2 Å². The zero-order valence-corrected chi connectivity index (χ0v) is 11.9. The van der Waals surface area contributed by atoms with Crippen molar-refractivity contribution in [2.24, 2.45) is 0 Å². The highest BCUT2D eigenvalue weighted by molar-refractivity contribution is 6.07. The summed E-state index contributed by atoms with van der Waals surface area (Å²) >= 11 is 0. The van der Waals surface area contributed by atoms with Crippen LogP contribution in [0.4, 0.5) is 0 Å². The van der Waals surface area contributed by atoms with Crippen LogP contribution in [0.3, 0.4) is 0 Å². The lowest BCUT2D eigenvalue weighted by atomic mass is 10.0. The van der Waals surface area contributed by atoms with Crippen LogP contribution in [-0.2, 0) is 9.53 Å². The fraction of sp³-hybridized carbons (Fsp3) is 0.176. The molecule has 1 aromatic rings. The number of benzene rings is 1. The molecule has 106 valence electrons. The molecular weight excluding hydrogens is 278 g/mol. The highest BCUT2D eigenvalue weighted by atomic mass is 16.5. The first-order chi connectivity index (χ1) is 10.7. The molecule has 2 rings (SSSR count). The Labute approximate surface area is 128 Å². The van der Waals surface area contributed by atoms with E-state index in [0.717, 1.165) is 0 Å². The van der Waals surface area contributed by atoms with Crippen molar-refractivity contribution in [3.05, 3.63) is 46.5 Å². The average Bonchev–Trinajstić information content (AvgIpc) is 2.90. The van der Waals surface area contributed by atoms with E-state index < -0.39 is 5.97 Å². The Balaban J connectivity index is 2.72. The zero-order chi connectivity index (χ0) is 16.1. The number of rotatable bonds is 2. The van der Waals surface area contributed by atoms with Crippen molar-refractivity contribution in [3.8, 4) is 18.2 Å². The van der Waals surface area contributed by atoms with E-state index in [9.17, 15) is 10.1 Å². The summed E-state index contributed by atoms with van der Waals surface area (Å²) in [6, 6.07) is 12.7. The number of esters is 1. The van der Waals surface area contributed by atoms with Crippen LogP contribution in [0, 0.1) is 34.0 Å².